The van der Waals surface area contributed by atoms with Gasteiger partial charge in [-0.3, -0.25) is 0 Å². The maximum Gasteiger partial charge on any atom is 0.319 e. The fraction of sp³-hybridized carbons (Fsp3) is 0.273. The first kappa shape index (κ1) is 19.6. The molecule has 6 nitrogen and oxygen atoms in total. The minimum atomic E-state index is -0.233. The molecule has 0 fully saturated rings. The van der Waals surface area contributed by atoms with Crippen LogP contribution in [0.5, 0.6) is 0 Å². The number of amides is 2. The third-order valence-electron chi connectivity index (χ3n) is 4.30. The minimum Gasteiger partial charge on any atom is -0.334 e. The van der Waals surface area contributed by atoms with Crippen LogP contribution in [0.25, 0.3) is 5.69 Å². The molecule has 0 saturated heterocycles. The van der Waals surface area contributed by atoms with Gasteiger partial charge in [0.25, 0.3) is 0 Å². The third-order valence-corrected chi connectivity index (χ3v) is 4.30. The Bertz CT molecular complexity index is 961. The Kier molecular flexibility index (Phi) is 6.11. The van der Waals surface area contributed by atoms with Crippen LogP contribution in [0.15, 0.2) is 54.6 Å². The van der Waals surface area contributed by atoms with E-state index in [0.717, 1.165) is 34.9 Å². The van der Waals surface area contributed by atoms with Gasteiger partial charge in [0.2, 0.25) is 0 Å². The molecule has 146 valence electrons. The van der Waals surface area contributed by atoms with Crippen LogP contribution >= 0.6 is 0 Å². The van der Waals surface area contributed by atoms with Crippen LogP contribution in [-0.4, -0.2) is 34.8 Å². The van der Waals surface area contributed by atoms with Gasteiger partial charge in [0.15, 0.2) is 0 Å². The number of rotatable bonds is 6. The van der Waals surface area contributed by atoms with Crippen molar-refractivity contribution in [2.75, 3.05) is 19.4 Å². The number of aryl methyl sites for hydroxylation is 2. The normalized spacial score (nSPS) is 10.9. The number of urea groups is 1. The van der Waals surface area contributed by atoms with Crippen LogP contribution in [0.2, 0.25) is 0 Å². The number of nitrogens with one attached hydrogen (secondary N) is 2. The average molecular weight is 377 g/mol. The lowest BCUT2D eigenvalue weighted by Gasteiger charge is -2.12. The Balaban J connectivity index is 1.61. The summed E-state index contributed by atoms with van der Waals surface area (Å²) < 4.78 is 1.87. The molecular formula is C22H27N5O. The third kappa shape index (κ3) is 5.20. The number of carbonyl (C=O) groups excluding carboxylic acids is 1. The van der Waals surface area contributed by atoms with Crippen molar-refractivity contribution in [1.29, 1.82) is 0 Å². The zero-order valence-corrected chi connectivity index (χ0v) is 16.9. The van der Waals surface area contributed by atoms with Crippen molar-refractivity contribution in [3.05, 3.63) is 77.1 Å². The minimum absolute atomic E-state index is 0.233. The van der Waals surface area contributed by atoms with Crippen molar-refractivity contribution < 1.29 is 4.79 Å². The van der Waals surface area contributed by atoms with Gasteiger partial charge < -0.3 is 15.5 Å². The highest BCUT2D eigenvalue weighted by atomic mass is 16.2. The van der Waals surface area contributed by atoms with Gasteiger partial charge in [-0.1, -0.05) is 30.3 Å². The summed E-state index contributed by atoms with van der Waals surface area (Å²) in [6.45, 7) is 5.33. The van der Waals surface area contributed by atoms with Crippen molar-refractivity contribution in [3.8, 4) is 5.69 Å². The fourth-order valence-electron chi connectivity index (χ4n) is 3.17. The fourth-order valence-corrected chi connectivity index (χ4v) is 3.17. The highest BCUT2D eigenvalue weighted by molar-refractivity contribution is 5.89. The van der Waals surface area contributed by atoms with Crippen LogP contribution < -0.4 is 10.6 Å². The Morgan fingerprint density at radius 1 is 1.04 bits per heavy atom. The van der Waals surface area contributed by atoms with Gasteiger partial charge in [-0.25, -0.2) is 9.48 Å². The molecule has 0 bridgehead atoms. The smallest absolute Gasteiger partial charge is 0.319 e. The number of hydrogen-bond donors (Lipinski definition) is 2. The molecule has 2 amide bonds. The van der Waals surface area contributed by atoms with E-state index in [4.69, 9.17) is 0 Å². The van der Waals surface area contributed by atoms with E-state index < -0.39 is 0 Å². The van der Waals surface area contributed by atoms with Gasteiger partial charge in [0.1, 0.15) is 0 Å². The second-order valence-corrected chi connectivity index (χ2v) is 7.25. The molecule has 2 aromatic carbocycles. The zero-order valence-electron chi connectivity index (χ0n) is 16.9. The maximum absolute atomic E-state index is 12.3. The highest BCUT2D eigenvalue weighted by Gasteiger charge is 2.07. The summed E-state index contributed by atoms with van der Waals surface area (Å²) in [5, 5.41) is 10.3. The van der Waals surface area contributed by atoms with Crippen LogP contribution in [0.1, 0.15) is 22.5 Å². The average Bonchev–Trinajstić information content (AvgIpc) is 2.98. The van der Waals surface area contributed by atoms with Crippen molar-refractivity contribution in [3.63, 3.8) is 0 Å². The van der Waals surface area contributed by atoms with E-state index in [1.54, 1.807) is 0 Å². The predicted octanol–water partition coefficient (Wildman–Crippen LogP) is 3.87. The maximum atomic E-state index is 12.3. The summed E-state index contributed by atoms with van der Waals surface area (Å²) in [6, 6.07) is 17.7. The van der Waals surface area contributed by atoms with E-state index in [-0.39, 0.29) is 6.03 Å². The molecule has 0 spiro atoms. The largest absolute Gasteiger partial charge is 0.334 e. The number of benzene rings is 2. The van der Waals surface area contributed by atoms with Gasteiger partial charge in [-0.15, -0.1) is 0 Å². The molecule has 0 aliphatic heterocycles. The molecule has 1 aromatic heterocycles. The molecule has 0 atom stereocenters. The lowest BCUT2D eigenvalue weighted by Crippen LogP contribution is -2.28. The van der Waals surface area contributed by atoms with E-state index in [9.17, 15) is 4.79 Å². The number of nitrogens with zero attached hydrogens (tertiary/aromatic N) is 3. The lowest BCUT2D eigenvalue weighted by molar-refractivity contribution is 0.251. The molecule has 6 heteroatoms. The lowest BCUT2D eigenvalue weighted by atomic mass is 10.1. The second-order valence-electron chi connectivity index (χ2n) is 7.25. The summed E-state index contributed by atoms with van der Waals surface area (Å²) in [7, 11) is 4.08. The van der Waals surface area contributed by atoms with Gasteiger partial charge in [-0.05, 0) is 63.3 Å². The quantitative estimate of drug-likeness (QED) is 0.685. The van der Waals surface area contributed by atoms with Gasteiger partial charge in [0, 0.05) is 24.5 Å². The molecular weight excluding hydrogens is 350 g/mol. The van der Waals surface area contributed by atoms with Crippen molar-refractivity contribution >= 4 is 11.7 Å². The number of carbonyl (C=O) groups is 1. The first-order valence-corrected chi connectivity index (χ1v) is 9.32. The molecule has 3 rings (SSSR count). The molecule has 0 saturated carbocycles. The summed E-state index contributed by atoms with van der Waals surface area (Å²) in [5.74, 6) is 0. The Morgan fingerprint density at radius 3 is 2.50 bits per heavy atom. The Hall–Kier alpha value is -3.12. The number of aromatic nitrogens is 2. The van der Waals surface area contributed by atoms with Crippen molar-refractivity contribution in [1.82, 2.24) is 20.0 Å². The first-order valence-electron chi connectivity index (χ1n) is 9.32. The summed E-state index contributed by atoms with van der Waals surface area (Å²) >= 11 is 0. The highest BCUT2D eigenvalue weighted by Crippen LogP contribution is 2.17. The molecule has 3 aromatic rings. The molecule has 0 aliphatic carbocycles. The molecule has 0 radical (unpaired) electrons. The van der Waals surface area contributed by atoms with E-state index in [1.165, 1.54) is 5.56 Å². The van der Waals surface area contributed by atoms with Gasteiger partial charge in [-0.2, -0.15) is 5.10 Å². The van der Waals surface area contributed by atoms with E-state index in [1.807, 2.05) is 75.1 Å². The van der Waals surface area contributed by atoms with E-state index in [2.05, 4.69) is 32.8 Å². The molecule has 2 N–H and O–H groups in total. The summed E-state index contributed by atoms with van der Waals surface area (Å²) in [4.78, 5) is 14.4. The Labute approximate surface area is 166 Å². The summed E-state index contributed by atoms with van der Waals surface area (Å²) in [5.41, 5.74) is 5.96. The molecule has 28 heavy (non-hydrogen) atoms. The Morgan fingerprint density at radius 2 is 1.79 bits per heavy atom. The molecule has 1 heterocycles. The van der Waals surface area contributed by atoms with Crippen LogP contribution in [-0.2, 0) is 13.1 Å². The van der Waals surface area contributed by atoms with E-state index in [0.29, 0.717) is 6.54 Å². The SMILES string of the molecule is Cc1cc(C)n(-c2cccc(NC(=O)NCc3cccc(CN(C)C)c3)c2)n1. The second kappa shape index (κ2) is 8.71. The van der Waals surface area contributed by atoms with Gasteiger partial charge >= 0.3 is 6.03 Å². The van der Waals surface area contributed by atoms with Crippen LogP contribution in [0.4, 0.5) is 10.5 Å². The first-order chi connectivity index (χ1) is 13.4. The van der Waals surface area contributed by atoms with Gasteiger partial charge in [0.05, 0.1) is 11.4 Å². The molecule has 0 aliphatic rings. The zero-order chi connectivity index (χ0) is 20.1. The standard InChI is InChI=1S/C22H27N5O/c1-16-11-17(2)27(25-16)21-10-6-9-20(13-21)24-22(28)23-14-18-7-5-8-19(12-18)15-26(3)4/h5-13H,14-15H2,1-4H3,(H2,23,24,28). The monoisotopic (exact) mass is 377 g/mol. The van der Waals surface area contributed by atoms with Crippen molar-refractivity contribution in [2.45, 2.75) is 26.9 Å². The van der Waals surface area contributed by atoms with E-state index >= 15 is 0 Å². The van der Waals surface area contributed by atoms with Crippen LogP contribution in [0.3, 0.4) is 0 Å². The number of hydrogen-bond acceptors (Lipinski definition) is 3. The van der Waals surface area contributed by atoms with Crippen LogP contribution in [0, 0.1) is 13.8 Å². The number of anilines is 1. The predicted molar refractivity (Wildman–Crippen MR) is 113 cm³/mol. The summed E-state index contributed by atoms with van der Waals surface area (Å²) in [6.07, 6.45) is 0. The topological polar surface area (TPSA) is 62.2 Å². The van der Waals surface area contributed by atoms with Crippen molar-refractivity contribution in [2.24, 2.45) is 0 Å². The molecule has 0 unspecified atom stereocenters.